The first kappa shape index (κ1) is 20.4. The van der Waals surface area contributed by atoms with E-state index in [2.05, 4.69) is 20.2 Å². The Morgan fingerprint density at radius 3 is 1.14 bits per heavy atom. The van der Waals surface area contributed by atoms with Gasteiger partial charge in [0.25, 0.3) is 0 Å². The monoisotopic (exact) mass is 434 g/mol. The molecule has 0 saturated carbocycles. The van der Waals surface area contributed by atoms with Gasteiger partial charge in [0.15, 0.2) is 0 Å². The van der Waals surface area contributed by atoms with E-state index in [4.69, 9.17) is 0 Å². The lowest BCUT2D eigenvalue weighted by atomic mass is 10.3. The normalized spacial score (nSPS) is 12.2. The predicted octanol–water partition coefficient (Wildman–Crippen LogP) is 5.61. The molecular weight excluding hydrogens is 426 g/mol. The molecule has 3 aromatic rings. The number of pyridine rings is 2. The molecule has 0 aliphatic carbocycles. The Hall–Kier alpha value is -2.34. The third-order valence-corrected chi connectivity index (χ3v) is 4.92. The van der Waals surface area contributed by atoms with Crippen molar-refractivity contribution in [3.63, 3.8) is 0 Å². The highest BCUT2D eigenvalue weighted by molar-refractivity contribution is 7.99. The average molecular weight is 434 g/mol. The molecule has 0 aromatic carbocycles. The lowest BCUT2D eigenvalue weighted by Crippen LogP contribution is -2.05. The molecule has 146 valence electrons. The highest BCUT2D eigenvalue weighted by Gasteiger charge is 2.31. The molecule has 12 heteroatoms. The lowest BCUT2D eigenvalue weighted by Gasteiger charge is -2.07. The van der Waals surface area contributed by atoms with Gasteiger partial charge in [-0.15, -0.1) is 10.2 Å². The number of rotatable bonds is 4. The molecule has 0 saturated heterocycles. The quantitative estimate of drug-likeness (QED) is 0.498. The van der Waals surface area contributed by atoms with Crippen molar-refractivity contribution in [1.29, 1.82) is 0 Å². The third kappa shape index (κ3) is 5.35. The summed E-state index contributed by atoms with van der Waals surface area (Å²) >= 11 is 2.05. The molecule has 0 unspecified atom stereocenters. The van der Waals surface area contributed by atoms with Crippen LogP contribution in [0.15, 0.2) is 68.9 Å². The topological polar surface area (TPSA) is 51.6 Å². The highest BCUT2D eigenvalue weighted by atomic mass is 32.2. The Kier molecular flexibility index (Phi) is 5.79. The van der Waals surface area contributed by atoms with E-state index in [9.17, 15) is 26.3 Å². The molecule has 0 atom stereocenters. The van der Waals surface area contributed by atoms with Crippen LogP contribution in [0.1, 0.15) is 11.1 Å². The number of alkyl halides is 6. The van der Waals surface area contributed by atoms with Crippen LogP contribution in [0.3, 0.4) is 0 Å². The van der Waals surface area contributed by atoms with Crippen molar-refractivity contribution in [1.82, 2.24) is 20.2 Å². The molecule has 0 N–H and O–H groups in total. The van der Waals surface area contributed by atoms with Gasteiger partial charge in [-0.05, 0) is 59.9 Å². The second-order valence-electron chi connectivity index (χ2n) is 5.18. The van der Waals surface area contributed by atoms with E-state index in [1.165, 1.54) is 12.1 Å². The number of hydrogen-bond donors (Lipinski definition) is 0. The van der Waals surface area contributed by atoms with Crippen LogP contribution in [-0.4, -0.2) is 20.2 Å². The zero-order valence-corrected chi connectivity index (χ0v) is 15.1. The molecule has 3 heterocycles. The van der Waals surface area contributed by atoms with E-state index in [1.807, 2.05) is 0 Å². The molecule has 0 radical (unpaired) electrons. The molecule has 0 aliphatic rings. The zero-order chi connectivity index (χ0) is 20.4. The maximum Gasteiger partial charge on any atom is 0.417 e. The Labute approximate surface area is 162 Å². The van der Waals surface area contributed by atoms with E-state index in [0.29, 0.717) is 20.1 Å². The van der Waals surface area contributed by atoms with Crippen molar-refractivity contribution in [3.8, 4) is 0 Å². The Balaban J connectivity index is 1.63. The molecule has 0 spiro atoms. The molecule has 0 aliphatic heterocycles. The van der Waals surface area contributed by atoms with Gasteiger partial charge in [0, 0.05) is 12.4 Å². The summed E-state index contributed by atoms with van der Waals surface area (Å²) < 4.78 is 75.1. The minimum Gasteiger partial charge on any atom is -0.249 e. The molecule has 4 nitrogen and oxygen atoms in total. The van der Waals surface area contributed by atoms with Crippen molar-refractivity contribution in [3.05, 3.63) is 59.9 Å². The number of nitrogens with zero attached hydrogens (tertiary/aromatic N) is 4. The van der Waals surface area contributed by atoms with E-state index < -0.39 is 23.5 Å². The van der Waals surface area contributed by atoms with Gasteiger partial charge < -0.3 is 0 Å². The summed E-state index contributed by atoms with van der Waals surface area (Å²) in [6.07, 6.45) is -7.45. The average Bonchev–Trinajstić information content (AvgIpc) is 2.63. The minimum atomic E-state index is -4.46. The minimum absolute atomic E-state index is 0.312. The first-order valence-electron chi connectivity index (χ1n) is 7.37. The summed E-state index contributed by atoms with van der Waals surface area (Å²) in [5.41, 5.74) is -1.70. The Bertz CT molecular complexity index is 847. The van der Waals surface area contributed by atoms with Gasteiger partial charge >= 0.3 is 12.4 Å². The SMILES string of the molecule is FC(F)(F)c1ccc(Sc2ccc(Sc3ccc(C(F)(F)F)cn3)nn2)nc1. The molecule has 3 rings (SSSR count). The van der Waals surface area contributed by atoms with Crippen molar-refractivity contribution in [2.75, 3.05) is 0 Å². The van der Waals surface area contributed by atoms with Crippen LogP contribution < -0.4 is 0 Å². The summed E-state index contributed by atoms with van der Waals surface area (Å²) in [6.45, 7) is 0. The fourth-order valence-corrected chi connectivity index (χ4v) is 3.19. The maximum absolute atomic E-state index is 12.5. The molecular formula is C16H8F6N4S2. The van der Waals surface area contributed by atoms with Crippen LogP contribution in [0.5, 0.6) is 0 Å². The van der Waals surface area contributed by atoms with Gasteiger partial charge in [0.1, 0.15) is 20.1 Å². The largest absolute Gasteiger partial charge is 0.417 e. The van der Waals surface area contributed by atoms with Crippen molar-refractivity contribution >= 4 is 23.5 Å². The number of halogens is 6. The second-order valence-corrected chi connectivity index (χ2v) is 7.26. The van der Waals surface area contributed by atoms with E-state index in [-0.39, 0.29) is 0 Å². The van der Waals surface area contributed by atoms with Gasteiger partial charge in [-0.25, -0.2) is 9.97 Å². The first-order valence-corrected chi connectivity index (χ1v) is 9.00. The first-order chi connectivity index (χ1) is 13.1. The standard InChI is InChI=1S/C16H8F6N4S2/c17-15(18,19)9-1-3-11(23-7-9)27-13-5-6-14(26-25-13)28-12-4-2-10(8-24-12)16(20,21)22/h1-8H. The maximum atomic E-state index is 12.5. The van der Waals surface area contributed by atoms with Gasteiger partial charge in [0.05, 0.1) is 11.1 Å². The van der Waals surface area contributed by atoms with Crippen LogP contribution in [0.4, 0.5) is 26.3 Å². The molecule has 28 heavy (non-hydrogen) atoms. The van der Waals surface area contributed by atoms with E-state index >= 15 is 0 Å². The van der Waals surface area contributed by atoms with Gasteiger partial charge in [-0.3, -0.25) is 0 Å². The van der Waals surface area contributed by atoms with Gasteiger partial charge in [-0.1, -0.05) is 0 Å². The molecule has 3 aromatic heterocycles. The zero-order valence-electron chi connectivity index (χ0n) is 13.5. The van der Waals surface area contributed by atoms with Crippen LogP contribution in [-0.2, 0) is 12.4 Å². The molecule has 0 amide bonds. The van der Waals surface area contributed by atoms with Crippen LogP contribution in [0, 0.1) is 0 Å². The van der Waals surface area contributed by atoms with E-state index in [0.717, 1.165) is 48.1 Å². The molecule has 0 fully saturated rings. The fraction of sp³-hybridized carbons (Fsp3) is 0.125. The predicted molar refractivity (Wildman–Crippen MR) is 88.8 cm³/mol. The highest BCUT2D eigenvalue weighted by Crippen LogP contribution is 2.33. The smallest absolute Gasteiger partial charge is 0.249 e. The number of hydrogen-bond acceptors (Lipinski definition) is 6. The van der Waals surface area contributed by atoms with Gasteiger partial charge in [0.2, 0.25) is 0 Å². The van der Waals surface area contributed by atoms with E-state index in [1.54, 1.807) is 12.1 Å². The van der Waals surface area contributed by atoms with Gasteiger partial charge in [-0.2, -0.15) is 26.3 Å². The van der Waals surface area contributed by atoms with Crippen LogP contribution in [0.2, 0.25) is 0 Å². The summed E-state index contributed by atoms with van der Waals surface area (Å²) in [7, 11) is 0. The second kappa shape index (κ2) is 7.95. The lowest BCUT2D eigenvalue weighted by molar-refractivity contribution is -0.138. The van der Waals surface area contributed by atoms with Crippen LogP contribution >= 0.6 is 23.5 Å². The van der Waals surface area contributed by atoms with Crippen LogP contribution in [0.25, 0.3) is 0 Å². The van der Waals surface area contributed by atoms with Crippen molar-refractivity contribution in [2.24, 2.45) is 0 Å². The Morgan fingerprint density at radius 1 is 0.536 bits per heavy atom. The summed E-state index contributed by atoms with van der Waals surface area (Å²) in [5, 5.41) is 9.26. The van der Waals surface area contributed by atoms with Crippen molar-refractivity contribution < 1.29 is 26.3 Å². The summed E-state index contributed by atoms with van der Waals surface area (Å²) in [6, 6.07) is 7.44. The van der Waals surface area contributed by atoms with Crippen molar-refractivity contribution in [2.45, 2.75) is 32.5 Å². The number of aromatic nitrogens is 4. The third-order valence-electron chi connectivity index (χ3n) is 3.16. The Morgan fingerprint density at radius 2 is 0.893 bits per heavy atom. The fourth-order valence-electron chi connectivity index (χ4n) is 1.85. The summed E-state index contributed by atoms with van der Waals surface area (Å²) in [5.74, 6) is 0. The molecule has 0 bridgehead atoms. The summed E-state index contributed by atoms with van der Waals surface area (Å²) in [4.78, 5) is 7.45.